The first-order chi connectivity index (χ1) is 7.17. The van der Waals surface area contributed by atoms with Crippen LogP contribution in [0.4, 0.5) is 0 Å². The molecule has 3 N–H and O–H groups in total. The van der Waals surface area contributed by atoms with Gasteiger partial charge in [0, 0.05) is 7.05 Å². The zero-order chi connectivity index (χ0) is 11.3. The van der Waals surface area contributed by atoms with E-state index in [4.69, 9.17) is 11.0 Å². The summed E-state index contributed by atoms with van der Waals surface area (Å²) in [6.45, 7) is 0. The third-order valence-electron chi connectivity index (χ3n) is 2.12. The highest BCUT2D eigenvalue weighted by atomic mass is 16.2. The second kappa shape index (κ2) is 5.13. The Morgan fingerprint density at radius 2 is 2.13 bits per heavy atom. The fraction of sp³-hybridized carbons (Fsp3) is 0.273. The first-order valence-corrected chi connectivity index (χ1v) is 4.63. The average Bonchev–Trinajstić information content (AvgIpc) is 2.29. The molecule has 0 bridgehead atoms. The molecule has 0 radical (unpaired) electrons. The molecule has 0 fully saturated rings. The molecule has 0 aliphatic heterocycles. The quantitative estimate of drug-likeness (QED) is 0.735. The fourth-order valence-corrected chi connectivity index (χ4v) is 1.25. The van der Waals surface area contributed by atoms with Crippen LogP contribution in [0.2, 0.25) is 0 Å². The van der Waals surface area contributed by atoms with Crippen LogP contribution in [0.5, 0.6) is 0 Å². The van der Waals surface area contributed by atoms with Gasteiger partial charge in [-0.1, -0.05) is 12.1 Å². The zero-order valence-corrected chi connectivity index (χ0v) is 8.53. The molecular weight excluding hydrogens is 190 g/mol. The third-order valence-corrected chi connectivity index (χ3v) is 2.12. The minimum absolute atomic E-state index is 0.181. The molecule has 0 heterocycles. The van der Waals surface area contributed by atoms with Gasteiger partial charge in [0.15, 0.2) is 0 Å². The molecule has 1 aromatic carbocycles. The molecule has 1 rings (SSSR count). The normalized spacial score (nSPS) is 11.5. The SMILES string of the molecule is CNC(=O)C(N)Cc1ccc(C#N)cc1. The van der Waals surface area contributed by atoms with Crippen molar-refractivity contribution in [1.29, 1.82) is 5.26 Å². The number of benzene rings is 1. The lowest BCUT2D eigenvalue weighted by atomic mass is 10.0. The van der Waals surface area contributed by atoms with E-state index in [0.29, 0.717) is 12.0 Å². The molecular formula is C11H13N3O. The lowest BCUT2D eigenvalue weighted by Gasteiger charge is -2.09. The number of likely N-dealkylation sites (N-methyl/N-ethyl adjacent to an activating group) is 1. The lowest BCUT2D eigenvalue weighted by molar-refractivity contribution is -0.121. The van der Waals surface area contributed by atoms with Gasteiger partial charge >= 0.3 is 0 Å². The Labute approximate surface area is 88.7 Å². The second-order valence-corrected chi connectivity index (χ2v) is 3.23. The average molecular weight is 203 g/mol. The zero-order valence-electron chi connectivity index (χ0n) is 8.53. The van der Waals surface area contributed by atoms with Crippen LogP contribution < -0.4 is 11.1 Å². The largest absolute Gasteiger partial charge is 0.358 e. The smallest absolute Gasteiger partial charge is 0.237 e. The fourth-order valence-electron chi connectivity index (χ4n) is 1.25. The number of hydrogen-bond donors (Lipinski definition) is 2. The van der Waals surface area contributed by atoms with Gasteiger partial charge in [-0.15, -0.1) is 0 Å². The van der Waals surface area contributed by atoms with Gasteiger partial charge in [-0.2, -0.15) is 5.26 Å². The van der Waals surface area contributed by atoms with Crippen LogP contribution in [0.1, 0.15) is 11.1 Å². The number of nitrogens with two attached hydrogens (primary N) is 1. The maximum absolute atomic E-state index is 11.2. The van der Waals surface area contributed by atoms with Gasteiger partial charge in [-0.05, 0) is 24.1 Å². The Kier molecular flexibility index (Phi) is 3.83. The highest BCUT2D eigenvalue weighted by molar-refractivity contribution is 5.81. The van der Waals surface area contributed by atoms with Crippen LogP contribution in [0.3, 0.4) is 0 Å². The molecule has 0 spiro atoms. The van der Waals surface area contributed by atoms with Crippen LogP contribution >= 0.6 is 0 Å². The predicted molar refractivity (Wildman–Crippen MR) is 56.9 cm³/mol. The van der Waals surface area contributed by atoms with Crippen LogP contribution in [0.15, 0.2) is 24.3 Å². The molecule has 1 unspecified atom stereocenters. The number of amides is 1. The summed E-state index contributed by atoms with van der Waals surface area (Å²) in [5.41, 5.74) is 7.21. The van der Waals surface area contributed by atoms with Crippen molar-refractivity contribution >= 4 is 5.91 Å². The van der Waals surface area contributed by atoms with Gasteiger partial charge < -0.3 is 11.1 Å². The summed E-state index contributed by atoms with van der Waals surface area (Å²) in [5.74, 6) is -0.181. The Bertz CT molecular complexity index is 378. The van der Waals surface area contributed by atoms with E-state index in [-0.39, 0.29) is 5.91 Å². The summed E-state index contributed by atoms with van der Waals surface area (Å²) in [5, 5.41) is 11.1. The van der Waals surface area contributed by atoms with Gasteiger partial charge in [0.25, 0.3) is 0 Å². The van der Waals surface area contributed by atoms with Crippen molar-refractivity contribution in [2.24, 2.45) is 5.73 Å². The Hall–Kier alpha value is -1.86. The van der Waals surface area contributed by atoms with Gasteiger partial charge in [0.2, 0.25) is 5.91 Å². The Balaban J connectivity index is 2.66. The standard InChI is InChI=1S/C11H13N3O/c1-14-11(15)10(13)6-8-2-4-9(7-12)5-3-8/h2-5,10H,6,13H2,1H3,(H,14,15). The van der Waals surface area contributed by atoms with E-state index in [1.807, 2.05) is 6.07 Å². The third kappa shape index (κ3) is 3.08. The Morgan fingerprint density at radius 1 is 1.53 bits per heavy atom. The van der Waals surface area contributed by atoms with Crippen molar-refractivity contribution in [2.75, 3.05) is 7.05 Å². The molecule has 0 saturated carbocycles. The van der Waals surface area contributed by atoms with Crippen molar-refractivity contribution in [2.45, 2.75) is 12.5 Å². The molecule has 0 saturated heterocycles. The lowest BCUT2D eigenvalue weighted by Crippen LogP contribution is -2.40. The van der Waals surface area contributed by atoms with E-state index in [9.17, 15) is 4.79 Å². The van der Waals surface area contributed by atoms with Crippen molar-refractivity contribution < 1.29 is 4.79 Å². The number of nitrogens with one attached hydrogen (secondary N) is 1. The summed E-state index contributed by atoms with van der Waals surface area (Å²) in [6.07, 6.45) is 0.478. The summed E-state index contributed by atoms with van der Waals surface area (Å²) < 4.78 is 0. The summed E-state index contributed by atoms with van der Waals surface area (Å²) >= 11 is 0. The van der Waals surface area contributed by atoms with Gasteiger partial charge in [-0.3, -0.25) is 4.79 Å². The van der Waals surface area contributed by atoms with E-state index in [0.717, 1.165) is 5.56 Å². The van der Waals surface area contributed by atoms with E-state index in [2.05, 4.69) is 5.32 Å². The van der Waals surface area contributed by atoms with E-state index in [1.54, 1.807) is 31.3 Å². The van der Waals surface area contributed by atoms with E-state index in [1.165, 1.54) is 0 Å². The molecule has 15 heavy (non-hydrogen) atoms. The molecule has 1 aromatic rings. The number of nitrogens with zero attached hydrogens (tertiary/aromatic N) is 1. The molecule has 78 valence electrons. The van der Waals surface area contributed by atoms with Crippen LogP contribution in [-0.4, -0.2) is 19.0 Å². The van der Waals surface area contributed by atoms with Gasteiger partial charge in [-0.25, -0.2) is 0 Å². The number of nitriles is 1. The van der Waals surface area contributed by atoms with Crippen molar-refractivity contribution in [3.05, 3.63) is 35.4 Å². The van der Waals surface area contributed by atoms with Crippen molar-refractivity contribution in [3.63, 3.8) is 0 Å². The van der Waals surface area contributed by atoms with Gasteiger partial charge in [0.05, 0.1) is 17.7 Å². The number of hydrogen-bond acceptors (Lipinski definition) is 3. The molecule has 4 nitrogen and oxygen atoms in total. The number of carbonyl (C=O) groups is 1. The maximum Gasteiger partial charge on any atom is 0.237 e. The van der Waals surface area contributed by atoms with Crippen LogP contribution in [-0.2, 0) is 11.2 Å². The van der Waals surface area contributed by atoms with E-state index >= 15 is 0 Å². The van der Waals surface area contributed by atoms with Crippen molar-refractivity contribution in [3.8, 4) is 6.07 Å². The monoisotopic (exact) mass is 203 g/mol. The second-order valence-electron chi connectivity index (χ2n) is 3.23. The predicted octanol–water partition coefficient (Wildman–Crippen LogP) is 0.174. The highest BCUT2D eigenvalue weighted by Crippen LogP contribution is 2.05. The molecule has 1 amide bonds. The minimum Gasteiger partial charge on any atom is -0.358 e. The molecule has 0 aromatic heterocycles. The first-order valence-electron chi connectivity index (χ1n) is 4.63. The highest BCUT2D eigenvalue weighted by Gasteiger charge is 2.11. The maximum atomic E-state index is 11.2. The molecule has 0 aliphatic carbocycles. The molecule has 1 atom stereocenters. The molecule has 0 aliphatic rings. The first kappa shape index (κ1) is 11.2. The van der Waals surface area contributed by atoms with E-state index < -0.39 is 6.04 Å². The van der Waals surface area contributed by atoms with Crippen molar-refractivity contribution in [1.82, 2.24) is 5.32 Å². The number of carbonyl (C=O) groups excluding carboxylic acids is 1. The van der Waals surface area contributed by atoms with Gasteiger partial charge in [0.1, 0.15) is 0 Å². The molecule has 4 heteroatoms. The minimum atomic E-state index is -0.539. The Morgan fingerprint density at radius 3 is 2.60 bits per heavy atom. The summed E-state index contributed by atoms with van der Waals surface area (Å²) in [6, 6.07) is 8.53. The van der Waals surface area contributed by atoms with Crippen LogP contribution in [0.25, 0.3) is 0 Å². The summed E-state index contributed by atoms with van der Waals surface area (Å²) in [4.78, 5) is 11.2. The number of rotatable bonds is 3. The topological polar surface area (TPSA) is 78.9 Å². The summed E-state index contributed by atoms with van der Waals surface area (Å²) in [7, 11) is 1.56. The van der Waals surface area contributed by atoms with Crippen LogP contribution in [0, 0.1) is 11.3 Å².